The highest BCUT2D eigenvalue weighted by molar-refractivity contribution is 5.79. The topological polar surface area (TPSA) is 84.3 Å². The molecular formula is C13H19N3O2. The van der Waals surface area contributed by atoms with E-state index in [-0.39, 0.29) is 6.61 Å². The Labute approximate surface area is 106 Å². The van der Waals surface area contributed by atoms with Crippen LogP contribution in [0.1, 0.15) is 25.8 Å². The molecule has 1 atom stereocenters. The van der Waals surface area contributed by atoms with E-state index >= 15 is 0 Å². The Hall–Kier alpha value is -1.59. The van der Waals surface area contributed by atoms with Gasteiger partial charge in [-0.2, -0.15) is 0 Å². The molecule has 0 radical (unpaired) electrons. The van der Waals surface area contributed by atoms with Crippen LogP contribution in [-0.4, -0.2) is 26.4 Å². The summed E-state index contributed by atoms with van der Waals surface area (Å²) in [6.45, 7) is 3.48. The Kier molecular flexibility index (Phi) is 3.04. The van der Waals surface area contributed by atoms with E-state index in [1.54, 1.807) is 26.0 Å². The fraction of sp³-hybridized carbons (Fsp3) is 0.462. The van der Waals surface area contributed by atoms with Gasteiger partial charge in [-0.25, -0.2) is 4.98 Å². The van der Waals surface area contributed by atoms with Crippen molar-refractivity contribution >= 4 is 16.7 Å². The number of anilines is 1. The quantitative estimate of drug-likeness (QED) is 0.714. The molecule has 2 aromatic rings. The third kappa shape index (κ3) is 1.95. The number of aliphatic hydroxyl groups excluding tert-OH is 2. The van der Waals surface area contributed by atoms with Crippen molar-refractivity contribution in [3.05, 3.63) is 24.0 Å². The second-order valence-electron chi connectivity index (χ2n) is 5.33. The van der Waals surface area contributed by atoms with Crippen LogP contribution in [0.15, 0.2) is 18.2 Å². The molecule has 18 heavy (non-hydrogen) atoms. The van der Waals surface area contributed by atoms with E-state index in [4.69, 9.17) is 5.73 Å². The molecule has 1 heterocycles. The van der Waals surface area contributed by atoms with Gasteiger partial charge < -0.3 is 20.5 Å². The van der Waals surface area contributed by atoms with Crippen molar-refractivity contribution < 1.29 is 10.2 Å². The number of benzene rings is 1. The van der Waals surface area contributed by atoms with E-state index in [2.05, 4.69) is 4.98 Å². The predicted molar refractivity (Wildman–Crippen MR) is 71.0 cm³/mol. The van der Waals surface area contributed by atoms with Crippen molar-refractivity contribution in [2.24, 2.45) is 12.5 Å². The van der Waals surface area contributed by atoms with Crippen molar-refractivity contribution in [1.29, 1.82) is 0 Å². The fourth-order valence-electron chi connectivity index (χ4n) is 1.92. The first-order valence-electron chi connectivity index (χ1n) is 5.87. The van der Waals surface area contributed by atoms with Crippen molar-refractivity contribution in [2.75, 3.05) is 12.3 Å². The lowest BCUT2D eigenvalue weighted by atomic mass is 9.87. The number of rotatable bonds is 3. The summed E-state index contributed by atoms with van der Waals surface area (Å²) in [6, 6.07) is 5.45. The number of nitrogen functional groups attached to an aromatic ring is 1. The molecule has 0 fully saturated rings. The number of imidazole rings is 1. The monoisotopic (exact) mass is 249 g/mol. The number of aliphatic hydroxyl groups is 2. The fourth-order valence-corrected chi connectivity index (χ4v) is 1.92. The van der Waals surface area contributed by atoms with Gasteiger partial charge in [0.1, 0.15) is 11.9 Å². The lowest BCUT2D eigenvalue weighted by molar-refractivity contribution is -0.000463. The molecule has 1 aromatic heterocycles. The molecule has 1 aromatic carbocycles. The summed E-state index contributed by atoms with van der Waals surface area (Å²) in [6.07, 6.45) is -0.832. The zero-order chi connectivity index (χ0) is 13.5. The Morgan fingerprint density at radius 1 is 1.44 bits per heavy atom. The molecule has 0 saturated heterocycles. The van der Waals surface area contributed by atoms with Gasteiger partial charge in [-0.1, -0.05) is 13.8 Å². The van der Waals surface area contributed by atoms with Crippen LogP contribution in [0.5, 0.6) is 0 Å². The first-order chi connectivity index (χ1) is 8.36. The Morgan fingerprint density at radius 2 is 2.11 bits per heavy atom. The summed E-state index contributed by atoms with van der Waals surface area (Å²) in [5, 5.41) is 19.6. The molecule has 0 spiro atoms. The number of aromatic nitrogens is 2. The SMILES string of the molecule is Cn1c([C@@H](O)C(C)(C)CO)nc2cc(N)ccc21. The number of nitrogens with zero attached hydrogens (tertiary/aromatic N) is 2. The van der Waals surface area contributed by atoms with Gasteiger partial charge in [0.2, 0.25) is 0 Å². The average molecular weight is 249 g/mol. The molecule has 5 heteroatoms. The van der Waals surface area contributed by atoms with Crippen molar-refractivity contribution in [2.45, 2.75) is 20.0 Å². The molecule has 0 unspecified atom stereocenters. The van der Waals surface area contributed by atoms with Crippen LogP contribution in [0.25, 0.3) is 11.0 Å². The predicted octanol–water partition coefficient (Wildman–Crippen LogP) is 1.21. The van der Waals surface area contributed by atoms with E-state index in [9.17, 15) is 10.2 Å². The van der Waals surface area contributed by atoms with E-state index in [0.717, 1.165) is 11.0 Å². The summed E-state index contributed by atoms with van der Waals surface area (Å²) in [5.74, 6) is 0.537. The minimum absolute atomic E-state index is 0.112. The minimum atomic E-state index is -0.832. The molecule has 0 aliphatic carbocycles. The van der Waals surface area contributed by atoms with Gasteiger partial charge in [0.05, 0.1) is 17.6 Å². The highest BCUT2D eigenvalue weighted by Gasteiger charge is 2.32. The third-order valence-electron chi connectivity index (χ3n) is 3.33. The maximum atomic E-state index is 10.3. The summed E-state index contributed by atoms with van der Waals surface area (Å²) in [4.78, 5) is 4.41. The second kappa shape index (κ2) is 4.26. The number of nitrogens with two attached hydrogens (primary N) is 1. The number of hydrogen-bond donors (Lipinski definition) is 3. The molecule has 0 amide bonds. The van der Waals surface area contributed by atoms with Crippen LogP contribution >= 0.6 is 0 Å². The summed E-state index contributed by atoms with van der Waals surface area (Å²) in [7, 11) is 1.84. The van der Waals surface area contributed by atoms with Crippen LogP contribution in [0.2, 0.25) is 0 Å². The van der Waals surface area contributed by atoms with E-state index in [1.807, 2.05) is 17.7 Å². The molecule has 0 aliphatic heterocycles. The maximum absolute atomic E-state index is 10.3. The standard InChI is InChI=1S/C13H19N3O2/c1-13(2,7-17)11(18)12-15-9-6-8(14)4-5-10(9)16(12)3/h4-6,11,17-18H,7,14H2,1-3H3/t11-/m1/s1. The lowest BCUT2D eigenvalue weighted by Gasteiger charge is -2.27. The first-order valence-corrected chi connectivity index (χ1v) is 5.87. The normalized spacial score (nSPS) is 14.1. The van der Waals surface area contributed by atoms with Crippen LogP contribution in [0, 0.1) is 5.41 Å². The smallest absolute Gasteiger partial charge is 0.139 e. The zero-order valence-electron chi connectivity index (χ0n) is 10.9. The van der Waals surface area contributed by atoms with Crippen molar-refractivity contribution in [3.63, 3.8) is 0 Å². The second-order valence-corrected chi connectivity index (χ2v) is 5.33. The van der Waals surface area contributed by atoms with Crippen LogP contribution in [0.4, 0.5) is 5.69 Å². The molecule has 4 N–H and O–H groups in total. The van der Waals surface area contributed by atoms with Gasteiger partial charge in [-0.05, 0) is 18.2 Å². The number of fused-ring (bicyclic) bond motifs is 1. The average Bonchev–Trinajstić information content (AvgIpc) is 2.65. The molecule has 0 bridgehead atoms. The molecule has 0 saturated carbocycles. The highest BCUT2D eigenvalue weighted by atomic mass is 16.3. The summed E-state index contributed by atoms with van der Waals surface area (Å²) in [5.41, 5.74) is 7.38. The highest BCUT2D eigenvalue weighted by Crippen LogP contribution is 2.33. The molecule has 98 valence electrons. The van der Waals surface area contributed by atoms with Crippen LogP contribution in [-0.2, 0) is 7.05 Å². The minimum Gasteiger partial charge on any atom is -0.399 e. The summed E-state index contributed by atoms with van der Waals surface area (Å²) < 4.78 is 1.83. The van der Waals surface area contributed by atoms with E-state index < -0.39 is 11.5 Å². The van der Waals surface area contributed by atoms with Crippen molar-refractivity contribution in [1.82, 2.24) is 9.55 Å². The van der Waals surface area contributed by atoms with Gasteiger partial charge >= 0.3 is 0 Å². The largest absolute Gasteiger partial charge is 0.399 e. The zero-order valence-corrected chi connectivity index (χ0v) is 10.9. The maximum Gasteiger partial charge on any atom is 0.139 e. The van der Waals surface area contributed by atoms with Gasteiger partial charge in [-0.15, -0.1) is 0 Å². The third-order valence-corrected chi connectivity index (χ3v) is 3.33. The van der Waals surface area contributed by atoms with Crippen molar-refractivity contribution in [3.8, 4) is 0 Å². The molecule has 2 rings (SSSR count). The lowest BCUT2D eigenvalue weighted by Crippen LogP contribution is -2.28. The molecule has 5 nitrogen and oxygen atoms in total. The van der Waals surface area contributed by atoms with E-state index in [0.29, 0.717) is 11.5 Å². The van der Waals surface area contributed by atoms with E-state index in [1.165, 1.54) is 0 Å². The van der Waals surface area contributed by atoms with Crippen LogP contribution < -0.4 is 5.73 Å². The molecule has 0 aliphatic rings. The number of aryl methyl sites for hydroxylation is 1. The molecular weight excluding hydrogens is 230 g/mol. The Balaban J connectivity index is 2.55. The first kappa shape index (κ1) is 12.9. The van der Waals surface area contributed by atoms with Gasteiger partial charge in [0.15, 0.2) is 0 Å². The van der Waals surface area contributed by atoms with Crippen LogP contribution in [0.3, 0.4) is 0 Å². The van der Waals surface area contributed by atoms with Gasteiger partial charge in [0.25, 0.3) is 0 Å². The summed E-state index contributed by atoms with van der Waals surface area (Å²) >= 11 is 0. The number of hydrogen-bond acceptors (Lipinski definition) is 4. The van der Waals surface area contributed by atoms with Gasteiger partial charge in [-0.3, -0.25) is 0 Å². The Bertz CT molecular complexity index is 575. The Morgan fingerprint density at radius 3 is 2.72 bits per heavy atom. The van der Waals surface area contributed by atoms with Gasteiger partial charge in [0, 0.05) is 18.2 Å².